The summed E-state index contributed by atoms with van der Waals surface area (Å²) in [6.45, 7) is 14.7. The second kappa shape index (κ2) is 7.28. The molecule has 2 unspecified atom stereocenters. The van der Waals surface area contributed by atoms with Gasteiger partial charge in [-0.3, -0.25) is 4.90 Å². The largest absolute Gasteiger partial charge is 0.298 e. The molecule has 2 atom stereocenters. The zero-order chi connectivity index (χ0) is 11.1. The van der Waals surface area contributed by atoms with Gasteiger partial charge in [-0.1, -0.05) is 34.1 Å². The van der Waals surface area contributed by atoms with Crippen molar-refractivity contribution in [1.29, 1.82) is 0 Å². The predicted octanol–water partition coefficient (Wildman–Crippen LogP) is 3.93. The molecule has 0 aliphatic carbocycles. The third-order valence-corrected chi connectivity index (χ3v) is 3.31. The Morgan fingerprint density at radius 2 is 1.79 bits per heavy atom. The van der Waals surface area contributed by atoms with Crippen molar-refractivity contribution >= 4 is 0 Å². The average Bonchev–Trinajstić information content (AvgIpc) is 2.68. The normalized spacial score (nSPS) is 24.6. The number of nitrogens with zero attached hydrogens (tertiary/aromatic N) is 1. The minimum atomic E-state index is 0.742. The molecule has 0 bridgehead atoms. The highest BCUT2D eigenvalue weighted by molar-refractivity contribution is 4.84. The maximum atomic E-state index is 2.67. The van der Waals surface area contributed by atoms with Crippen molar-refractivity contribution in [2.24, 2.45) is 5.92 Å². The SMILES string of the molecule is CC.CCC(C)C1CCCN1C(C)C. The van der Waals surface area contributed by atoms with E-state index in [0.717, 1.165) is 18.0 Å². The number of hydrogen-bond donors (Lipinski definition) is 0. The zero-order valence-electron chi connectivity index (χ0n) is 11.0. The second-order valence-corrected chi connectivity index (χ2v) is 4.43. The van der Waals surface area contributed by atoms with Gasteiger partial charge in [-0.25, -0.2) is 0 Å². The predicted molar refractivity (Wildman–Crippen MR) is 65.7 cm³/mol. The average molecular weight is 199 g/mol. The van der Waals surface area contributed by atoms with E-state index in [1.54, 1.807) is 0 Å². The van der Waals surface area contributed by atoms with Gasteiger partial charge in [0.2, 0.25) is 0 Å². The molecule has 0 aromatic carbocycles. The molecule has 0 N–H and O–H groups in total. The molecule has 1 fully saturated rings. The molecule has 1 aliphatic rings. The van der Waals surface area contributed by atoms with E-state index in [2.05, 4.69) is 32.6 Å². The third-order valence-electron chi connectivity index (χ3n) is 3.31. The van der Waals surface area contributed by atoms with Crippen LogP contribution in [0.4, 0.5) is 0 Å². The van der Waals surface area contributed by atoms with Gasteiger partial charge < -0.3 is 0 Å². The van der Waals surface area contributed by atoms with Gasteiger partial charge in [0.25, 0.3) is 0 Å². The van der Waals surface area contributed by atoms with Crippen LogP contribution in [-0.2, 0) is 0 Å². The van der Waals surface area contributed by atoms with E-state index in [9.17, 15) is 0 Å². The lowest BCUT2D eigenvalue weighted by molar-refractivity contribution is 0.156. The minimum Gasteiger partial charge on any atom is -0.298 e. The Bertz CT molecular complexity index is 131. The first-order chi connectivity index (χ1) is 6.66. The van der Waals surface area contributed by atoms with Gasteiger partial charge in [0.05, 0.1) is 0 Å². The molecular weight excluding hydrogens is 170 g/mol. The van der Waals surface area contributed by atoms with Crippen LogP contribution in [0.3, 0.4) is 0 Å². The van der Waals surface area contributed by atoms with E-state index >= 15 is 0 Å². The van der Waals surface area contributed by atoms with Crippen LogP contribution in [0.5, 0.6) is 0 Å². The first kappa shape index (κ1) is 14.0. The summed E-state index contributed by atoms with van der Waals surface area (Å²) in [7, 11) is 0. The van der Waals surface area contributed by atoms with Crippen molar-refractivity contribution in [1.82, 2.24) is 4.90 Å². The van der Waals surface area contributed by atoms with E-state index in [1.807, 2.05) is 13.8 Å². The monoisotopic (exact) mass is 199 g/mol. The minimum absolute atomic E-state index is 0.742. The molecule has 0 spiro atoms. The maximum Gasteiger partial charge on any atom is 0.0124 e. The van der Waals surface area contributed by atoms with Crippen molar-refractivity contribution in [2.75, 3.05) is 6.54 Å². The van der Waals surface area contributed by atoms with Crippen molar-refractivity contribution in [3.05, 3.63) is 0 Å². The molecule has 0 saturated carbocycles. The zero-order valence-corrected chi connectivity index (χ0v) is 11.0. The van der Waals surface area contributed by atoms with Crippen LogP contribution in [0, 0.1) is 5.92 Å². The molecule has 0 radical (unpaired) electrons. The quantitative estimate of drug-likeness (QED) is 0.665. The highest BCUT2D eigenvalue weighted by Gasteiger charge is 2.29. The number of likely N-dealkylation sites (tertiary alicyclic amines) is 1. The molecule has 0 amide bonds. The van der Waals surface area contributed by atoms with Crippen LogP contribution in [0.2, 0.25) is 0 Å². The summed E-state index contributed by atoms with van der Waals surface area (Å²) >= 11 is 0. The molecule has 14 heavy (non-hydrogen) atoms. The standard InChI is InChI=1S/C11H23N.C2H6/c1-5-10(4)11-7-6-8-12(11)9(2)3;1-2/h9-11H,5-8H2,1-4H3;1-2H3. The molecule has 86 valence electrons. The van der Waals surface area contributed by atoms with Crippen molar-refractivity contribution in [3.8, 4) is 0 Å². The van der Waals surface area contributed by atoms with Crippen molar-refractivity contribution < 1.29 is 0 Å². The van der Waals surface area contributed by atoms with E-state index in [-0.39, 0.29) is 0 Å². The van der Waals surface area contributed by atoms with Crippen LogP contribution in [0.1, 0.15) is 60.8 Å². The molecule has 0 aromatic rings. The summed E-state index contributed by atoms with van der Waals surface area (Å²) in [4.78, 5) is 2.67. The number of hydrogen-bond acceptors (Lipinski definition) is 1. The van der Waals surface area contributed by atoms with Gasteiger partial charge in [0, 0.05) is 12.1 Å². The first-order valence-electron chi connectivity index (χ1n) is 6.42. The summed E-state index contributed by atoms with van der Waals surface area (Å²) in [6, 6.07) is 1.61. The van der Waals surface area contributed by atoms with Crippen molar-refractivity contribution in [3.63, 3.8) is 0 Å². The Labute approximate surface area is 90.9 Å². The lowest BCUT2D eigenvalue weighted by atomic mass is 9.96. The Morgan fingerprint density at radius 3 is 2.21 bits per heavy atom. The lowest BCUT2D eigenvalue weighted by Gasteiger charge is -2.32. The summed E-state index contributed by atoms with van der Waals surface area (Å²) in [5.74, 6) is 0.884. The summed E-state index contributed by atoms with van der Waals surface area (Å²) in [5.41, 5.74) is 0. The summed E-state index contributed by atoms with van der Waals surface area (Å²) < 4.78 is 0. The smallest absolute Gasteiger partial charge is 0.0124 e. The van der Waals surface area contributed by atoms with E-state index < -0.39 is 0 Å². The van der Waals surface area contributed by atoms with Crippen LogP contribution in [0.15, 0.2) is 0 Å². The van der Waals surface area contributed by atoms with Gasteiger partial charge in [-0.15, -0.1) is 0 Å². The van der Waals surface area contributed by atoms with Gasteiger partial charge >= 0.3 is 0 Å². The van der Waals surface area contributed by atoms with Crippen molar-refractivity contribution in [2.45, 2.75) is 72.9 Å². The molecule has 1 rings (SSSR count). The maximum absolute atomic E-state index is 2.67. The van der Waals surface area contributed by atoms with E-state index in [1.165, 1.54) is 25.8 Å². The Balaban J connectivity index is 0.000000791. The van der Waals surface area contributed by atoms with Crippen LogP contribution in [-0.4, -0.2) is 23.5 Å². The summed E-state index contributed by atoms with van der Waals surface area (Å²) in [5, 5.41) is 0. The molecule has 1 saturated heterocycles. The molecule has 1 nitrogen and oxygen atoms in total. The molecule has 1 aliphatic heterocycles. The van der Waals surface area contributed by atoms with Gasteiger partial charge in [0.1, 0.15) is 0 Å². The Morgan fingerprint density at radius 1 is 1.21 bits per heavy atom. The molecule has 1 heteroatoms. The highest BCUT2D eigenvalue weighted by atomic mass is 15.2. The fraction of sp³-hybridized carbons (Fsp3) is 1.00. The van der Waals surface area contributed by atoms with Crippen LogP contribution in [0.25, 0.3) is 0 Å². The van der Waals surface area contributed by atoms with Gasteiger partial charge in [-0.2, -0.15) is 0 Å². The van der Waals surface area contributed by atoms with E-state index in [0.29, 0.717) is 0 Å². The fourth-order valence-electron chi connectivity index (χ4n) is 2.34. The Hall–Kier alpha value is -0.0400. The topological polar surface area (TPSA) is 3.24 Å². The molecule has 0 aromatic heterocycles. The van der Waals surface area contributed by atoms with Crippen LogP contribution >= 0.6 is 0 Å². The number of rotatable bonds is 3. The lowest BCUT2D eigenvalue weighted by Crippen LogP contribution is -2.39. The highest BCUT2D eigenvalue weighted by Crippen LogP contribution is 2.27. The van der Waals surface area contributed by atoms with Gasteiger partial charge in [-0.05, 0) is 39.2 Å². The first-order valence-corrected chi connectivity index (χ1v) is 6.42. The molecular formula is C13H29N. The van der Waals surface area contributed by atoms with Gasteiger partial charge in [0.15, 0.2) is 0 Å². The Kier molecular flexibility index (Phi) is 7.26. The van der Waals surface area contributed by atoms with E-state index in [4.69, 9.17) is 0 Å². The fourth-order valence-corrected chi connectivity index (χ4v) is 2.34. The summed E-state index contributed by atoms with van der Waals surface area (Å²) in [6.07, 6.45) is 4.16. The third kappa shape index (κ3) is 3.61. The van der Waals surface area contributed by atoms with Crippen LogP contribution < -0.4 is 0 Å². The molecule has 1 heterocycles. The second-order valence-electron chi connectivity index (χ2n) is 4.43.